The van der Waals surface area contributed by atoms with Crippen molar-refractivity contribution in [2.24, 2.45) is 5.92 Å². The van der Waals surface area contributed by atoms with Crippen molar-refractivity contribution in [1.82, 2.24) is 4.98 Å². The number of pyridine rings is 1. The Labute approximate surface area is 105 Å². The minimum absolute atomic E-state index is 0.650. The van der Waals surface area contributed by atoms with E-state index in [-0.39, 0.29) is 0 Å². The maximum atomic E-state index is 4.52. The van der Waals surface area contributed by atoms with Gasteiger partial charge in [-0.3, -0.25) is 4.98 Å². The van der Waals surface area contributed by atoms with Crippen LogP contribution < -0.4 is 5.32 Å². The Kier molecular flexibility index (Phi) is 4.03. The molecular weight excluding hydrogens is 208 g/mol. The van der Waals surface area contributed by atoms with Gasteiger partial charge in [-0.1, -0.05) is 26.2 Å². The van der Waals surface area contributed by atoms with Crippen LogP contribution >= 0.6 is 0 Å². The number of hydrogen-bond acceptors (Lipinski definition) is 2. The predicted octanol–water partition coefficient (Wildman–Crippen LogP) is 4.08. The highest BCUT2D eigenvalue weighted by Crippen LogP contribution is 2.29. The number of aromatic nitrogens is 1. The smallest absolute Gasteiger partial charge is 0.0606 e. The molecule has 0 radical (unpaired) electrons. The van der Waals surface area contributed by atoms with Crippen molar-refractivity contribution in [3.8, 4) is 0 Å². The van der Waals surface area contributed by atoms with Crippen molar-refractivity contribution in [2.75, 3.05) is 5.32 Å². The maximum absolute atomic E-state index is 4.52. The molecule has 1 fully saturated rings. The second-order valence-electron chi connectivity index (χ2n) is 5.37. The fourth-order valence-corrected chi connectivity index (χ4v) is 2.85. The zero-order valence-electron chi connectivity index (χ0n) is 11.3. The zero-order chi connectivity index (χ0) is 12.3. The topological polar surface area (TPSA) is 24.9 Å². The van der Waals surface area contributed by atoms with Crippen LogP contribution in [0.25, 0.3) is 0 Å². The molecule has 1 aliphatic rings. The van der Waals surface area contributed by atoms with Crippen LogP contribution in [0.1, 0.15) is 50.4 Å². The molecule has 1 aromatic heterocycles. The van der Waals surface area contributed by atoms with E-state index in [0.29, 0.717) is 6.04 Å². The van der Waals surface area contributed by atoms with Crippen LogP contribution in [0, 0.1) is 19.8 Å². The molecule has 2 unspecified atom stereocenters. The maximum Gasteiger partial charge on any atom is 0.0606 e. The Morgan fingerprint density at radius 2 is 2.12 bits per heavy atom. The van der Waals surface area contributed by atoms with Crippen LogP contribution in [-0.4, -0.2) is 11.0 Å². The van der Waals surface area contributed by atoms with Crippen LogP contribution in [0.5, 0.6) is 0 Å². The Bertz CT molecular complexity index is 373. The molecule has 0 saturated heterocycles. The molecule has 1 saturated carbocycles. The zero-order valence-corrected chi connectivity index (χ0v) is 11.3. The highest BCUT2D eigenvalue weighted by Gasteiger charge is 2.20. The molecule has 2 atom stereocenters. The quantitative estimate of drug-likeness (QED) is 0.849. The Hall–Kier alpha value is -1.05. The van der Waals surface area contributed by atoms with Gasteiger partial charge in [0.25, 0.3) is 0 Å². The first-order valence-electron chi connectivity index (χ1n) is 6.89. The van der Waals surface area contributed by atoms with E-state index in [1.807, 2.05) is 6.92 Å². The van der Waals surface area contributed by atoms with Crippen molar-refractivity contribution in [3.63, 3.8) is 0 Å². The number of hydrogen-bond donors (Lipinski definition) is 1. The fraction of sp³-hybridized carbons (Fsp3) is 0.667. The van der Waals surface area contributed by atoms with Gasteiger partial charge in [0.1, 0.15) is 0 Å². The van der Waals surface area contributed by atoms with Gasteiger partial charge >= 0.3 is 0 Å². The lowest BCUT2D eigenvalue weighted by atomic mass is 9.84. The standard InChI is InChI=1S/C15H24N2/c1-4-13-6-5-7-14(10-13)17-15-9-8-11(2)16-12(15)3/h8-9,13-14,17H,4-7,10H2,1-3H3. The van der Waals surface area contributed by atoms with Crippen molar-refractivity contribution in [2.45, 2.75) is 58.9 Å². The van der Waals surface area contributed by atoms with E-state index in [1.54, 1.807) is 0 Å². The summed E-state index contributed by atoms with van der Waals surface area (Å²) in [6.07, 6.45) is 6.74. The largest absolute Gasteiger partial charge is 0.381 e. The average molecular weight is 232 g/mol. The molecule has 94 valence electrons. The van der Waals surface area contributed by atoms with Gasteiger partial charge in [-0.15, -0.1) is 0 Å². The summed E-state index contributed by atoms with van der Waals surface area (Å²) in [6, 6.07) is 4.92. The van der Waals surface area contributed by atoms with Crippen molar-refractivity contribution in [1.29, 1.82) is 0 Å². The molecule has 1 aromatic rings. The molecule has 0 spiro atoms. The number of nitrogens with zero attached hydrogens (tertiary/aromatic N) is 1. The van der Waals surface area contributed by atoms with Crippen LogP contribution in [0.2, 0.25) is 0 Å². The van der Waals surface area contributed by atoms with Crippen molar-refractivity contribution >= 4 is 5.69 Å². The molecule has 2 rings (SSSR count). The average Bonchev–Trinajstić information content (AvgIpc) is 2.33. The SMILES string of the molecule is CCC1CCCC(Nc2ccc(C)nc2C)C1. The molecule has 0 amide bonds. The van der Waals surface area contributed by atoms with Gasteiger partial charge in [0, 0.05) is 11.7 Å². The normalized spacial score (nSPS) is 24.6. The molecule has 1 heterocycles. The first-order valence-corrected chi connectivity index (χ1v) is 6.89. The first-order chi connectivity index (χ1) is 8.19. The fourth-order valence-electron chi connectivity index (χ4n) is 2.85. The van der Waals surface area contributed by atoms with Gasteiger partial charge in [-0.05, 0) is 44.7 Å². The van der Waals surface area contributed by atoms with Crippen molar-refractivity contribution < 1.29 is 0 Å². The summed E-state index contributed by atoms with van der Waals surface area (Å²) in [5.74, 6) is 0.917. The monoisotopic (exact) mass is 232 g/mol. The van der Waals surface area contributed by atoms with E-state index in [1.165, 1.54) is 37.8 Å². The third-order valence-corrected chi connectivity index (χ3v) is 3.94. The van der Waals surface area contributed by atoms with Gasteiger partial charge in [0.05, 0.1) is 11.4 Å². The molecule has 1 aliphatic carbocycles. The summed E-state index contributed by atoms with van der Waals surface area (Å²) in [7, 11) is 0. The van der Waals surface area contributed by atoms with E-state index in [9.17, 15) is 0 Å². The summed E-state index contributed by atoms with van der Waals surface area (Å²) in [6.45, 7) is 6.45. The molecule has 0 aliphatic heterocycles. The summed E-state index contributed by atoms with van der Waals surface area (Å²) >= 11 is 0. The molecule has 0 aromatic carbocycles. The summed E-state index contributed by atoms with van der Waals surface area (Å²) in [4.78, 5) is 4.52. The van der Waals surface area contributed by atoms with Crippen molar-refractivity contribution in [3.05, 3.63) is 23.5 Å². The van der Waals surface area contributed by atoms with E-state index >= 15 is 0 Å². The second kappa shape index (κ2) is 5.52. The van der Waals surface area contributed by atoms with E-state index in [2.05, 4.69) is 36.3 Å². The molecule has 17 heavy (non-hydrogen) atoms. The molecule has 0 bridgehead atoms. The van der Waals surface area contributed by atoms with Gasteiger partial charge in [-0.2, -0.15) is 0 Å². The third kappa shape index (κ3) is 3.21. The van der Waals surface area contributed by atoms with Crippen LogP contribution in [0.4, 0.5) is 5.69 Å². The Morgan fingerprint density at radius 1 is 1.29 bits per heavy atom. The number of anilines is 1. The lowest BCUT2D eigenvalue weighted by Gasteiger charge is -2.30. The van der Waals surface area contributed by atoms with Gasteiger partial charge in [0.2, 0.25) is 0 Å². The lowest BCUT2D eigenvalue weighted by molar-refractivity contribution is 0.327. The third-order valence-electron chi connectivity index (χ3n) is 3.94. The Balaban J connectivity index is 2.00. The minimum atomic E-state index is 0.650. The highest BCUT2D eigenvalue weighted by molar-refractivity contribution is 5.48. The number of rotatable bonds is 3. The van der Waals surface area contributed by atoms with Gasteiger partial charge in [-0.25, -0.2) is 0 Å². The molecule has 1 N–H and O–H groups in total. The summed E-state index contributed by atoms with van der Waals surface area (Å²) in [5.41, 5.74) is 3.45. The number of aryl methyl sites for hydroxylation is 2. The summed E-state index contributed by atoms with van der Waals surface area (Å²) in [5, 5.41) is 3.68. The van der Waals surface area contributed by atoms with E-state index in [0.717, 1.165) is 17.3 Å². The molecule has 2 nitrogen and oxygen atoms in total. The van der Waals surface area contributed by atoms with Crippen LogP contribution in [-0.2, 0) is 0 Å². The lowest BCUT2D eigenvalue weighted by Crippen LogP contribution is -2.27. The van der Waals surface area contributed by atoms with Gasteiger partial charge in [0.15, 0.2) is 0 Å². The molecule has 2 heteroatoms. The van der Waals surface area contributed by atoms with Crippen LogP contribution in [0.3, 0.4) is 0 Å². The Morgan fingerprint density at radius 3 is 2.82 bits per heavy atom. The highest BCUT2D eigenvalue weighted by atomic mass is 14.9. The van der Waals surface area contributed by atoms with Crippen LogP contribution in [0.15, 0.2) is 12.1 Å². The van der Waals surface area contributed by atoms with E-state index in [4.69, 9.17) is 0 Å². The predicted molar refractivity (Wildman–Crippen MR) is 73.4 cm³/mol. The second-order valence-corrected chi connectivity index (χ2v) is 5.37. The number of nitrogens with one attached hydrogen (secondary N) is 1. The summed E-state index contributed by atoms with van der Waals surface area (Å²) < 4.78 is 0. The minimum Gasteiger partial charge on any atom is -0.381 e. The first kappa shape index (κ1) is 12.4. The molecular formula is C15H24N2. The van der Waals surface area contributed by atoms with E-state index < -0.39 is 0 Å². The van der Waals surface area contributed by atoms with Gasteiger partial charge < -0.3 is 5.32 Å².